The minimum Gasteiger partial charge on any atom is -0.485 e. The first-order valence-electron chi connectivity index (χ1n) is 6.13. The summed E-state index contributed by atoms with van der Waals surface area (Å²) < 4.78 is 11.2. The number of para-hydroxylation sites is 2. The molecule has 1 aliphatic rings. The fourth-order valence-electron chi connectivity index (χ4n) is 2.00. The number of fused-ring (bicyclic) bond motifs is 1. The number of ether oxygens (including phenoxy) is 2. The highest BCUT2D eigenvalue weighted by molar-refractivity contribution is 5.86. The topological polar surface area (TPSA) is 48.4 Å². The lowest BCUT2D eigenvalue weighted by molar-refractivity contribution is -0.127. The minimum atomic E-state index is -0.546. The third-order valence-corrected chi connectivity index (χ3v) is 2.97. The van der Waals surface area contributed by atoms with Crippen molar-refractivity contribution in [3.63, 3.8) is 0 Å². The van der Waals surface area contributed by atoms with Crippen molar-refractivity contribution in [2.75, 3.05) is 6.61 Å². The molecule has 0 amide bonds. The van der Waals surface area contributed by atoms with Crippen molar-refractivity contribution in [2.24, 2.45) is 0 Å². The van der Waals surface area contributed by atoms with Crippen LogP contribution in [0, 0.1) is 0 Å². The summed E-state index contributed by atoms with van der Waals surface area (Å²) in [6.45, 7) is 0.260. The average Bonchev–Trinajstić information content (AvgIpc) is 2.48. The number of nitrogens with zero attached hydrogens (tertiary/aromatic N) is 1. The molecule has 2 aromatic rings. The fraction of sp³-hybridized carbons (Fsp3) is 0.200. The fourth-order valence-corrected chi connectivity index (χ4v) is 2.00. The predicted molar refractivity (Wildman–Crippen MR) is 69.3 cm³/mol. The Balaban J connectivity index is 1.70. The summed E-state index contributed by atoms with van der Waals surface area (Å²) in [4.78, 5) is 16.1. The molecule has 0 spiro atoms. The molecule has 19 heavy (non-hydrogen) atoms. The number of hydrogen-bond donors (Lipinski definition) is 0. The smallest absolute Gasteiger partial charge is 0.191 e. The van der Waals surface area contributed by atoms with Crippen LogP contribution in [0.15, 0.2) is 48.8 Å². The molecule has 1 aromatic heterocycles. The lowest BCUT2D eigenvalue weighted by Gasteiger charge is -2.25. The van der Waals surface area contributed by atoms with Gasteiger partial charge in [-0.05, 0) is 23.8 Å². The summed E-state index contributed by atoms with van der Waals surface area (Å²) in [5.41, 5.74) is 0.884. The van der Waals surface area contributed by atoms with Crippen LogP contribution in [0.25, 0.3) is 0 Å². The number of ketones is 1. The first kappa shape index (κ1) is 11.7. The van der Waals surface area contributed by atoms with Gasteiger partial charge >= 0.3 is 0 Å². The van der Waals surface area contributed by atoms with Gasteiger partial charge in [-0.15, -0.1) is 0 Å². The Hall–Kier alpha value is -2.36. The molecule has 2 heterocycles. The van der Waals surface area contributed by atoms with Crippen molar-refractivity contribution in [3.05, 3.63) is 54.4 Å². The van der Waals surface area contributed by atoms with Crippen LogP contribution in [-0.4, -0.2) is 23.5 Å². The Morgan fingerprint density at radius 3 is 2.84 bits per heavy atom. The number of benzene rings is 1. The quantitative estimate of drug-likeness (QED) is 0.842. The molecular formula is C15H13NO3. The van der Waals surface area contributed by atoms with Crippen molar-refractivity contribution in [2.45, 2.75) is 12.5 Å². The van der Waals surface area contributed by atoms with E-state index in [1.807, 2.05) is 30.3 Å². The lowest BCUT2D eigenvalue weighted by atomic mass is 10.1. The summed E-state index contributed by atoms with van der Waals surface area (Å²) in [5, 5.41) is 0. The van der Waals surface area contributed by atoms with Gasteiger partial charge < -0.3 is 9.47 Å². The van der Waals surface area contributed by atoms with Crippen molar-refractivity contribution >= 4 is 5.78 Å². The molecule has 0 aliphatic carbocycles. The van der Waals surface area contributed by atoms with Gasteiger partial charge in [0.05, 0.1) is 0 Å². The van der Waals surface area contributed by atoms with Gasteiger partial charge in [-0.2, -0.15) is 0 Å². The molecule has 0 bridgehead atoms. The van der Waals surface area contributed by atoms with Crippen molar-refractivity contribution < 1.29 is 14.3 Å². The predicted octanol–water partition coefficient (Wildman–Crippen LogP) is 2.03. The largest absolute Gasteiger partial charge is 0.485 e. The van der Waals surface area contributed by atoms with E-state index in [0.717, 1.165) is 5.56 Å². The van der Waals surface area contributed by atoms with E-state index in [4.69, 9.17) is 9.47 Å². The van der Waals surface area contributed by atoms with Crippen LogP contribution in [0.5, 0.6) is 11.5 Å². The lowest BCUT2D eigenvalue weighted by Crippen LogP contribution is -2.37. The van der Waals surface area contributed by atoms with Gasteiger partial charge in [-0.3, -0.25) is 9.78 Å². The molecule has 0 saturated heterocycles. The second kappa shape index (κ2) is 5.10. The van der Waals surface area contributed by atoms with Crippen LogP contribution in [0.3, 0.4) is 0 Å². The Bertz CT molecular complexity index is 583. The van der Waals surface area contributed by atoms with Crippen LogP contribution in [0.1, 0.15) is 5.56 Å². The first-order chi connectivity index (χ1) is 9.33. The molecule has 96 valence electrons. The third kappa shape index (κ3) is 2.57. The van der Waals surface area contributed by atoms with E-state index < -0.39 is 6.10 Å². The highest BCUT2D eigenvalue weighted by atomic mass is 16.6. The molecule has 0 N–H and O–H groups in total. The number of carbonyl (C=O) groups is 1. The maximum atomic E-state index is 12.1. The van der Waals surface area contributed by atoms with Gasteiger partial charge in [0.1, 0.15) is 6.61 Å². The highest BCUT2D eigenvalue weighted by Gasteiger charge is 2.26. The van der Waals surface area contributed by atoms with E-state index in [1.165, 1.54) is 0 Å². The molecule has 4 nitrogen and oxygen atoms in total. The Kier molecular flexibility index (Phi) is 3.14. The Morgan fingerprint density at radius 1 is 1.21 bits per heavy atom. The van der Waals surface area contributed by atoms with E-state index in [0.29, 0.717) is 17.9 Å². The van der Waals surface area contributed by atoms with Gasteiger partial charge in [-0.1, -0.05) is 18.2 Å². The standard InChI is InChI=1S/C15H13NO3/c17-12(8-11-4-3-7-16-9-11)15-10-18-13-5-1-2-6-14(13)19-15/h1-7,9,15H,8,10H2. The molecule has 1 aliphatic heterocycles. The summed E-state index contributed by atoms with van der Waals surface area (Å²) in [7, 11) is 0. The van der Waals surface area contributed by atoms with Crippen LogP contribution in [0.2, 0.25) is 0 Å². The summed E-state index contributed by atoms with van der Waals surface area (Å²) in [5.74, 6) is 1.31. The van der Waals surface area contributed by atoms with Crippen LogP contribution in [0.4, 0.5) is 0 Å². The zero-order chi connectivity index (χ0) is 13.1. The van der Waals surface area contributed by atoms with Gasteiger partial charge in [-0.25, -0.2) is 0 Å². The molecule has 0 radical (unpaired) electrons. The Morgan fingerprint density at radius 2 is 2.05 bits per heavy atom. The molecule has 0 saturated carbocycles. The van der Waals surface area contributed by atoms with Crippen LogP contribution < -0.4 is 9.47 Å². The normalized spacial score (nSPS) is 16.9. The van der Waals surface area contributed by atoms with Crippen molar-refractivity contribution in [1.82, 2.24) is 4.98 Å². The molecule has 1 unspecified atom stereocenters. The van der Waals surface area contributed by atoms with Gasteiger partial charge in [0.2, 0.25) is 0 Å². The van der Waals surface area contributed by atoms with E-state index in [2.05, 4.69) is 4.98 Å². The average molecular weight is 255 g/mol. The zero-order valence-electron chi connectivity index (χ0n) is 10.3. The van der Waals surface area contributed by atoms with Crippen LogP contribution in [-0.2, 0) is 11.2 Å². The van der Waals surface area contributed by atoms with Crippen molar-refractivity contribution in [3.8, 4) is 11.5 Å². The number of carbonyl (C=O) groups excluding carboxylic acids is 1. The molecule has 4 heteroatoms. The number of Topliss-reactive ketones (excluding diaryl/α,β-unsaturated/α-hetero) is 1. The number of hydrogen-bond acceptors (Lipinski definition) is 4. The van der Waals surface area contributed by atoms with E-state index in [-0.39, 0.29) is 12.4 Å². The summed E-state index contributed by atoms with van der Waals surface area (Å²) in [6.07, 6.45) is 3.14. The third-order valence-electron chi connectivity index (χ3n) is 2.97. The maximum absolute atomic E-state index is 12.1. The van der Waals surface area contributed by atoms with Crippen molar-refractivity contribution in [1.29, 1.82) is 0 Å². The SMILES string of the molecule is O=C(Cc1cccnc1)C1COc2ccccc2O1. The second-order valence-corrected chi connectivity index (χ2v) is 4.37. The minimum absolute atomic E-state index is 0.00232. The first-order valence-corrected chi connectivity index (χ1v) is 6.13. The second-order valence-electron chi connectivity index (χ2n) is 4.37. The highest BCUT2D eigenvalue weighted by Crippen LogP contribution is 2.31. The summed E-state index contributed by atoms with van der Waals surface area (Å²) in [6, 6.07) is 11.1. The molecular weight excluding hydrogens is 242 g/mol. The number of aromatic nitrogens is 1. The van der Waals surface area contributed by atoms with Gasteiger partial charge in [0.15, 0.2) is 23.4 Å². The number of rotatable bonds is 3. The number of pyridine rings is 1. The maximum Gasteiger partial charge on any atom is 0.191 e. The molecule has 1 aromatic carbocycles. The molecule has 0 fully saturated rings. The zero-order valence-corrected chi connectivity index (χ0v) is 10.3. The monoisotopic (exact) mass is 255 g/mol. The van der Waals surface area contributed by atoms with Crippen LogP contribution >= 0.6 is 0 Å². The van der Waals surface area contributed by atoms with Gasteiger partial charge in [0, 0.05) is 18.8 Å². The van der Waals surface area contributed by atoms with E-state index in [1.54, 1.807) is 18.5 Å². The summed E-state index contributed by atoms with van der Waals surface area (Å²) >= 11 is 0. The molecule has 3 rings (SSSR count). The molecule has 1 atom stereocenters. The van der Waals surface area contributed by atoms with E-state index in [9.17, 15) is 4.79 Å². The van der Waals surface area contributed by atoms with Gasteiger partial charge in [0.25, 0.3) is 0 Å². The van der Waals surface area contributed by atoms with E-state index >= 15 is 0 Å². The Labute approximate surface area is 111 Å².